The molecule has 1 fully saturated rings. The lowest BCUT2D eigenvalue weighted by Crippen LogP contribution is -1.97. The van der Waals surface area contributed by atoms with Crippen LogP contribution in [0.4, 0.5) is 0 Å². The van der Waals surface area contributed by atoms with Crippen LogP contribution in [0.1, 0.15) is 65.0 Å². The quantitative estimate of drug-likeness (QED) is 0.255. The molecule has 0 radical (unpaired) electrons. The third kappa shape index (κ3) is 5.31. The molecule has 0 saturated heterocycles. The van der Waals surface area contributed by atoms with E-state index in [1.165, 1.54) is 40.4 Å². The van der Waals surface area contributed by atoms with E-state index in [1.54, 1.807) is 0 Å². The second kappa shape index (κ2) is 9.34. The highest BCUT2D eigenvalue weighted by molar-refractivity contribution is 14.1. The Morgan fingerprint density at radius 2 is 1.24 bits per heavy atom. The van der Waals surface area contributed by atoms with Gasteiger partial charge >= 0.3 is 0 Å². The fraction of sp³-hybridized carbons (Fsp3) is 0.214. The van der Waals surface area contributed by atoms with Crippen molar-refractivity contribution in [3.05, 3.63) is 104 Å². The second-order valence-electron chi connectivity index (χ2n) is 7.66. The Balaban J connectivity index is 1.65. The van der Waals surface area contributed by atoms with Crippen LogP contribution < -0.4 is 0 Å². The van der Waals surface area contributed by atoms with E-state index in [0.29, 0.717) is 5.92 Å². The topological polar surface area (TPSA) is 0 Å². The molecule has 0 unspecified atom stereocenters. The van der Waals surface area contributed by atoms with E-state index in [1.807, 2.05) is 0 Å². The Morgan fingerprint density at radius 3 is 1.93 bits per heavy atom. The van der Waals surface area contributed by atoms with Gasteiger partial charge in [-0.3, -0.25) is 0 Å². The monoisotopic (exact) mass is 486 g/mol. The molecular weight excluding hydrogens is 463 g/mol. The summed E-state index contributed by atoms with van der Waals surface area (Å²) in [4.78, 5) is 0. The fourth-order valence-electron chi connectivity index (χ4n) is 3.78. The van der Waals surface area contributed by atoms with Gasteiger partial charge in [-0.25, -0.2) is 0 Å². The van der Waals surface area contributed by atoms with E-state index in [-0.39, 0.29) is 0 Å². The molecule has 0 spiro atoms. The van der Waals surface area contributed by atoms with Gasteiger partial charge in [0.25, 0.3) is 0 Å². The summed E-state index contributed by atoms with van der Waals surface area (Å²) < 4.78 is 1.23. The molecule has 1 aliphatic carbocycles. The molecule has 1 saturated carbocycles. The van der Waals surface area contributed by atoms with Crippen LogP contribution in [0.15, 0.2) is 66.7 Å². The molecule has 0 amide bonds. The molecule has 0 heterocycles. The summed E-state index contributed by atoms with van der Waals surface area (Å²) in [6.07, 6.45) is 5.14. The molecule has 0 atom stereocenters. The zero-order valence-electron chi connectivity index (χ0n) is 16.6. The van der Waals surface area contributed by atoms with Crippen molar-refractivity contribution < 1.29 is 0 Å². The minimum atomic E-state index is 0.608. The van der Waals surface area contributed by atoms with Crippen LogP contribution in [0.2, 0.25) is 0 Å². The van der Waals surface area contributed by atoms with Gasteiger partial charge < -0.3 is 0 Å². The molecule has 0 aliphatic heterocycles. The lowest BCUT2D eigenvalue weighted by atomic mass is 9.91. The van der Waals surface area contributed by atoms with Gasteiger partial charge in [0.1, 0.15) is 0 Å². The van der Waals surface area contributed by atoms with E-state index in [2.05, 4.69) is 120 Å². The van der Waals surface area contributed by atoms with Crippen molar-refractivity contribution in [2.24, 2.45) is 0 Å². The standard InChI is InChI=1S/C28H23I/c1-21-6-8-22(9-7-21)10-11-24-13-17-26(28(20-24)25-4-2-3-5-25)16-12-23-14-18-27(29)19-15-23/h6-9,13-15,17-20,25H,2-5H2,1H3. The summed E-state index contributed by atoms with van der Waals surface area (Å²) in [6, 6.07) is 23.3. The maximum Gasteiger partial charge on any atom is 0.0284 e. The summed E-state index contributed by atoms with van der Waals surface area (Å²) in [5.74, 6) is 14.0. The fourth-order valence-corrected chi connectivity index (χ4v) is 4.14. The van der Waals surface area contributed by atoms with Crippen molar-refractivity contribution in [3.8, 4) is 23.7 Å². The Bertz CT molecular complexity index is 1110. The molecule has 0 nitrogen and oxygen atoms in total. The zero-order valence-corrected chi connectivity index (χ0v) is 18.8. The first-order chi connectivity index (χ1) is 14.2. The van der Waals surface area contributed by atoms with Gasteiger partial charge in [0.15, 0.2) is 0 Å². The largest absolute Gasteiger partial charge is 0.0617 e. The van der Waals surface area contributed by atoms with Gasteiger partial charge in [-0.15, -0.1) is 0 Å². The maximum absolute atomic E-state index is 3.43. The van der Waals surface area contributed by atoms with Crippen LogP contribution in [-0.4, -0.2) is 0 Å². The first-order valence-electron chi connectivity index (χ1n) is 10.2. The van der Waals surface area contributed by atoms with Crippen molar-refractivity contribution in [2.75, 3.05) is 0 Å². The number of hydrogen-bond acceptors (Lipinski definition) is 0. The predicted octanol–water partition coefficient (Wildman–Crippen LogP) is 7.06. The summed E-state index contributed by atoms with van der Waals surface area (Å²) >= 11 is 2.32. The van der Waals surface area contributed by atoms with Crippen molar-refractivity contribution in [1.82, 2.24) is 0 Å². The van der Waals surface area contributed by atoms with E-state index < -0.39 is 0 Å². The predicted molar refractivity (Wildman–Crippen MR) is 130 cm³/mol. The van der Waals surface area contributed by atoms with Gasteiger partial charge in [-0.2, -0.15) is 0 Å². The van der Waals surface area contributed by atoms with Gasteiger partial charge in [-0.05, 0) is 108 Å². The molecule has 0 N–H and O–H groups in total. The number of benzene rings is 3. The second-order valence-corrected chi connectivity index (χ2v) is 8.90. The lowest BCUT2D eigenvalue weighted by molar-refractivity contribution is 0.721. The molecule has 1 aliphatic rings. The van der Waals surface area contributed by atoms with E-state index >= 15 is 0 Å². The molecule has 3 aromatic rings. The van der Waals surface area contributed by atoms with Gasteiger partial charge in [-0.1, -0.05) is 54.2 Å². The van der Waals surface area contributed by atoms with Gasteiger partial charge in [0.2, 0.25) is 0 Å². The van der Waals surface area contributed by atoms with Crippen molar-refractivity contribution in [1.29, 1.82) is 0 Å². The van der Waals surface area contributed by atoms with Crippen LogP contribution in [0.3, 0.4) is 0 Å². The highest BCUT2D eigenvalue weighted by atomic mass is 127. The SMILES string of the molecule is Cc1ccc(C#Cc2ccc(C#Cc3ccc(I)cc3)c(C3CCCC3)c2)cc1. The Hall–Kier alpha value is -2.49. The Morgan fingerprint density at radius 1 is 0.690 bits per heavy atom. The lowest BCUT2D eigenvalue weighted by Gasteiger charge is -2.12. The maximum atomic E-state index is 3.43. The molecule has 4 rings (SSSR count). The van der Waals surface area contributed by atoms with Crippen molar-refractivity contribution >= 4 is 22.6 Å². The summed E-state index contributed by atoms with van der Waals surface area (Å²) in [7, 11) is 0. The first kappa shape index (κ1) is 19.8. The van der Waals surface area contributed by atoms with Gasteiger partial charge in [0, 0.05) is 25.8 Å². The zero-order chi connectivity index (χ0) is 20.1. The molecule has 0 aromatic heterocycles. The van der Waals surface area contributed by atoms with Crippen LogP contribution in [-0.2, 0) is 0 Å². The highest BCUT2D eigenvalue weighted by Crippen LogP contribution is 2.36. The number of hydrogen-bond donors (Lipinski definition) is 0. The minimum absolute atomic E-state index is 0.608. The average Bonchev–Trinajstić information content (AvgIpc) is 3.28. The third-order valence-corrected chi connectivity index (χ3v) is 6.15. The number of aryl methyl sites for hydroxylation is 1. The number of rotatable bonds is 1. The van der Waals surface area contributed by atoms with E-state index in [0.717, 1.165) is 22.3 Å². The summed E-state index contributed by atoms with van der Waals surface area (Å²) in [5, 5.41) is 0. The van der Waals surface area contributed by atoms with Crippen LogP contribution in [0.25, 0.3) is 0 Å². The van der Waals surface area contributed by atoms with Crippen LogP contribution in [0.5, 0.6) is 0 Å². The third-order valence-electron chi connectivity index (χ3n) is 5.44. The molecule has 3 aromatic carbocycles. The normalized spacial score (nSPS) is 13.3. The van der Waals surface area contributed by atoms with Gasteiger partial charge in [0.05, 0.1) is 0 Å². The summed E-state index contributed by atoms with van der Waals surface area (Å²) in [5.41, 5.74) is 6.97. The minimum Gasteiger partial charge on any atom is -0.0617 e. The molecular formula is C28H23I. The van der Waals surface area contributed by atoms with E-state index in [4.69, 9.17) is 0 Å². The van der Waals surface area contributed by atoms with E-state index in [9.17, 15) is 0 Å². The van der Waals surface area contributed by atoms with Crippen molar-refractivity contribution in [2.45, 2.75) is 38.5 Å². The Labute approximate surface area is 187 Å². The van der Waals surface area contributed by atoms with Crippen molar-refractivity contribution in [3.63, 3.8) is 0 Å². The van der Waals surface area contributed by atoms with Crippen LogP contribution in [0, 0.1) is 34.2 Å². The highest BCUT2D eigenvalue weighted by Gasteiger charge is 2.19. The molecule has 29 heavy (non-hydrogen) atoms. The number of halogens is 1. The Kier molecular flexibility index (Phi) is 6.38. The average molecular weight is 486 g/mol. The summed E-state index contributed by atoms with van der Waals surface area (Å²) in [6.45, 7) is 2.10. The molecule has 0 bridgehead atoms. The smallest absolute Gasteiger partial charge is 0.0284 e. The first-order valence-corrected chi connectivity index (χ1v) is 11.3. The molecule has 142 valence electrons. The van der Waals surface area contributed by atoms with Crippen LogP contribution >= 0.6 is 22.6 Å². The molecule has 1 heteroatoms.